The molecule has 262 valence electrons. The van der Waals surface area contributed by atoms with Crippen LogP contribution in [0, 0.1) is 0 Å². The van der Waals surface area contributed by atoms with Crippen LogP contribution in [0.5, 0.6) is 0 Å². The monoisotopic (exact) mass is 749 g/mol. The lowest BCUT2D eigenvalue weighted by molar-refractivity contribution is 1.18. The lowest BCUT2D eigenvalue weighted by Crippen LogP contribution is -1.97. The molecule has 0 saturated carbocycles. The molecule has 0 radical (unpaired) electrons. The summed E-state index contributed by atoms with van der Waals surface area (Å²) in [6.45, 7) is 0. The Morgan fingerprint density at radius 2 is 0.839 bits per heavy atom. The van der Waals surface area contributed by atoms with Crippen LogP contribution in [0.25, 0.3) is 108 Å². The van der Waals surface area contributed by atoms with Gasteiger partial charge in [0.05, 0.1) is 11.4 Å². The van der Waals surface area contributed by atoms with Crippen molar-refractivity contribution in [2.75, 3.05) is 0 Å². The molecule has 0 aliphatic heterocycles. The first-order valence-electron chi connectivity index (χ1n) is 18.7. The third-order valence-electron chi connectivity index (χ3n) is 10.6. The highest BCUT2D eigenvalue weighted by Crippen LogP contribution is 2.45. The first-order valence-corrected chi connectivity index (χ1v) is 20.3. The normalized spacial score (nSPS) is 11.6. The maximum Gasteiger partial charge on any atom is 0.160 e. The van der Waals surface area contributed by atoms with E-state index >= 15 is 0 Å². The van der Waals surface area contributed by atoms with Crippen LogP contribution in [0.4, 0.5) is 0 Å². The number of fused-ring (bicyclic) bond motifs is 6. The molecule has 0 N–H and O–H groups in total. The summed E-state index contributed by atoms with van der Waals surface area (Å²) in [5.41, 5.74) is 11.7. The SMILES string of the molecule is c1ccc(-c2cc(-c3cc(-c4cccc5c4sc4ccccc45)cc(-c4cccc5c4sc4ccccc45)c3)nc(-c3cccc(-c4cccnc4)c3)n2)cc1. The average Bonchev–Trinajstić information content (AvgIpc) is 3.86. The minimum atomic E-state index is 0.678. The Morgan fingerprint density at radius 3 is 1.48 bits per heavy atom. The highest BCUT2D eigenvalue weighted by atomic mass is 32.1. The van der Waals surface area contributed by atoms with Crippen molar-refractivity contribution in [3.8, 4) is 67.3 Å². The van der Waals surface area contributed by atoms with Crippen molar-refractivity contribution in [1.82, 2.24) is 15.0 Å². The zero-order valence-corrected chi connectivity index (χ0v) is 31.7. The molecule has 7 aromatic carbocycles. The van der Waals surface area contributed by atoms with Crippen molar-refractivity contribution >= 4 is 63.0 Å². The molecule has 0 fully saturated rings. The van der Waals surface area contributed by atoms with Crippen molar-refractivity contribution in [2.45, 2.75) is 0 Å². The van der Waals surface area contributed by atoms with Gasteiger partial charge in [-0.05, 0) is 76.3 Å². The molecule has 4 aromatic heterocycles. The summed E-state index contributed by atoms with van der Waals surface area (Å²) in [5.74, 6) is 0.678. The van der Waals surface area contributed by atoms with Crippen LogP contribution in [-0.2, 0) is 0 Å². The third-order valence-corrected chi connectivity index (χ3v) is 13.0. The van der Waals surface area contributed by atoms with E-state index in [4.69, 9.17) is 9.97 Å². The highest BCUT2D eigenvalue weighted by molar-refractivity contribution is 7.26. The number of hydrogen-bond donors (Lipinski definition) is 0. The van der Waals surface area contributed by atoms with E-state index < -0.39 is 0 Å². The molecule has 0 aliphatic rings. The predicted octanol–water partition coefficient (Wildman–Crippen LogP) is 14.6. The third kappa shape index (κ3) is 5.68. The smallest absolute Gasteiger partial charge is 0.160 e. The molecule has 0 amide bonds. The van der Waals surface area contributed by atoms with E-state index in [1.807, 2.05) is 41.0 Å². The van der Waals surface area contributed by atoms with E-state index in [0.717, 1.165) is 50.3 Å². The Labute approximate surface area is 331 Å². The zero-order chi connectivity index (χ0) is 37.0. The standard InChI is InChI=1S/C51H31N3S2/c1-2-12-32(13-3-1)45-30-46(54-51(53-45)34-15-8-14-33(26-34)35-16-11-25-52-31-35)38-28-36(39-19-9-21-43-41-17-4-6-23-47(41)55-49(39)43)27-37(29-38)40-20-10-22-44-42-18-5-7-24-48(42)56-50(40)44/h1-31H. The van der Waals surface area contributed by atoms with Gasteiger partial charge in [0.1, 0.15) is 0 Å². The van der Waals surface area contributed by atoms with Crippen LogP contribution < -0.4 is 0 Å². The van der Waals surface area contributed by atoms with Gasteiger partial charge in [0.15, 0.2) is 5.82 Å². The van der Waals surface area contributed by atoms with Gasteiger partial charge in [-0.2, -0.15) is 0 Å². The second kappa shape index (κ2) is 13.5. The maximum atomic E-state index is 5.38. The number of hydrogen-bond acceptors (Lipinski definition) is 5. The van der Waals surface area contributed by atoms with Crippen molar-refractivity contribution in [2.24, 2.45) is 0 Å². The molecule has 5 heteroatoms. The van der Waals surface area contributed by atoms with Gasteiger partial charge in [-0.15, -0.1) is 22.7 Å². The first kappa shape index (κ1) is 32.6. The van der Waals surface area contributed by atoms with E-state index in [1.54, 1.807) is 6.20 Å². The van der Waals surface area contributed by atoms with Gasteiger partial charge in [0, 0.05) is 75.0 Å². The molecule has 4 heterocycles. The lowest BCUT2D eigenvalue weighted by atomic mass is 9.93. The summed E-state index contributed by atoms with van der Waals surface area (Å²) >= 11 is 3.73. The quantitative estimate of drug-likeness (QED) is 0.170. The lowest BCUT2D eigenvalue weighted by Gasteiger charge is -2.14. The van der Waals surface area contributed by atoms with Gasteiger partial charge in [-0.25, -0.2) is 9.97 Å². The molecule has 0 atom stereocenters. The van der Waals surface area contributed by atoms with Crippen LogP contribution in [0.15, 0.2) is 188 Å². The number of pyridine rings is 1. The van der Waals surface area contributed by atoms with Crippen molar-refractivity contribution in [3.05, 3.63) is 188 Å². The summed E-state index contributed by atoms with van der Waals surface area (Å²) in [6, 6.07) is 63.0. The predicted molar refractivity (Wildman–Crippen MR) is 238 cm³/mol. The van der Waals surface area contributed by atoms with E-state index in [2.05, 4.69) is 169 Å². The maximum absolute atomic E-state index is 5.38. The van der Waals surface area contributed by atoms with Crippen molar-refractivity contribution < 1.29 is 0 Å². The minimum Gasteiger partial charge on any atom is -0.264 e. The van der Waals surface area contributed by atoms with E-state index in [1.165, 1.54) is 51.5 Å². The topological polar surface area (TPSA) is 38.7 Å². The van der Waals surface area contributed by atoms with Gasteiger partial charge in [-0.3, -0.25) is 4.98 Å². The van der Waals surface area contributed by atoms with Gasteiger partial charge in [0.2, 0.25) is 0 Å². The van der Waals surface area contributed by atoms with Crippen LogP contribution >= 0.6 is 22.7 Å². The Morgan fingerprint density at radius 1 is 0.339 bits per heavy atom. The van der Waals surface area contributed by atoms with Crippen molar-refractivity contribution in [1.29, 1.82) is 0 Å². The minimum absolute atomic E-state index is 0.678. The molecular weight excluding hydrogens is 719 g/mol. The second-order valence-corrected chi connectivity index (χ2v) is 16.1. The first-order chi connectivity index (χ1) is 27.7. The molecule has 11 aromatic rings. The molecule has 0 unspecified atom stereocenters. The summed E-state index contributed by atoms with van der Waals surface area (Å²) in [5, 5.41) is 5.15. The largest absolute Gasteiger partial charge is 0.264 e. The fourth-order valence-corrected chi connectivity index (χ4v) is 10.4. The molecule has 0 spiro atoms. The average molecular weight is 750 g/mol. The second-order valence-electron chi connectivity index (χ2n) is 14.0. The molecule has 56 heavy (non-hydrogen) atoms. The summed E-state index contributed by atoms with van der Waals surface area (Å²) in [6.07, 6.45) is 3.70. The summed E-state index contributed by atoms with van der Waals surface area (Å²) < 4.78 is 5.17. The van der Waals surface area contributed by atoms with Crippen molar-refractivity contribution in [3.63, 3.8) is 0 Å². The Hall–Kier alpha value is -6.79. The molecule has 0 bridgehead atoms. The van der Waals surface area contributed by atoms with Gasteiger partial charge < -0.3 is 0 Å². The molecule has 0 aliphatic carbocycles. The molecular formula is C51H31N3S2. The number of benzene rings is 7. The van der Waals surface area contributed by atoms with E-state index in [-0.39, 0.29) is 0 Å². The van der Waals surface area contributed by atoms with Crippen LogP contribution in [0.2, 0.25) is 0 Å². The molecule has 11 rings (SSSR count). The number of rotatable bonds is 6. The van der Waals surface area contributed by atoms with Gasteiger partial charge in [0.25, 0.3) is 0 Å². The fourth-order valence-electron chi connectivity index (χ4n) is 7.89. The highest BCUT2D eigenvalue weighted by Gasteiger charge is 2.18. The number of aromatic nitrogens is 3. The van der Waals surface area contributed by atoms with E-state index in [0.29, 0.717) is 5.82 Å². The number of nitrogens with zero attached hydrogens (tertiary/aromatic N) is 3. The Balaban J connectivity index is 1.17. The zero-order valence-electron chi connectivity index (χ0n) is 30.1. The summed E-state index contributed by atoms with van der Waals surface area (Å²) in [4.78, 5) is 14.9. The van der Waals surface area contributed by atoms with E-state index in [9.17, 15) is 0 Å². The number of thiophene rings is 2. The van der Waals surface area contributed by atoms with Crippen LogP contribution in [-0.4, -0.2) is 15.0 Å². The fraction of sp³-hybridized carbons (Fsp3) is 0. The van der Waals surface area contributed by atoms with Gasteiger partial charge >= 0.3 is 0 Å². The Kier molecular flexibility index (Phi) is 7.87. The molecule has 0 saturated heterocycles. The van der Waals surface area contributed by atoms with Crippen LogP contribution in [0.3, 0.4) is 0 Å². The molecule has 3 nitrogen and oxygen atoms in total. The Bertz CT molecular complexity index is 3120. The van der Waals surface area contributed by atoms with Gasteiger partial charge in [-0.1, -0.05) is 127 Å². The summed E-state index contributed by atoms with van der Waals surface area (Å²) in [7, 11) is 0. The van der Waals surface area contributed by atoms with Crippen LogP contribution in [0.1, 0.15) is 0 Å².